The molecule has 0 aliphatic heterocycles. The first-order valence-electron chi connectivity index (χ1n) is 5.36. The fourth-order valence-corrected chi connectivity index (χ4v) is 1.79. The van der Waals surface area contributed by atoms with Gasteiger partial charge in [-0.1, -0.05) is 27.7 Å². The molecule has 0 aromatic carbocycles. The summed E-state index contributed by atoms with van der Waals surface area (Å²) in [5, 5.41) is 0. The summed E-state index contributed by atoms with van der Waals surface area (Å²) in [7, 11) is 0. The molecule has 0 rings (SSSR count). The standard InChI is InChI=1S/C12H24O2/c1-7-8-14-10(13)12(5,6)9-11(2,3)4/h7-9H2,1-6H3. The fraction of sp³-hybridized carbons (Fsp3) is 0.917. The van der Waals surface area contributed by atoms with E-state index < -0.39 is 0 Å². The Morgan fingerprint density at radius 2 is 1.64 bits per heavy atom. The van der Waals surface area contributed by atoms with Crippen LogP contribution < -0.4 is 0 Å². The minimum Gasteiger partial charge on any atom is -0.465 e. The lowest BCUT2D eigenvalue weighted by molar-refractivity contribution is -0.155. The highest BCUT2D eigenvalue weighted by molar-refractivity contribution is 5.75. The smallest absolute Gasteiger partial charge is 0.311 e. The summed E-state index contributed by atoms with van der Waals surface area (Å²) in [6.45, 7) is 12.9. The summed E-state index contributed by atoms with van der Waals surface area (Å²) in [6.07, 6.45) is 1.74. The van der Waals surface area contributed by atoms with Crippen molar-refractivity contribution in [2.24, 2.45) is 10.8 Å². The minimum atomic E-state index is -0.368. The highest BCUT2D eigenvalue weighted by atomic mass is 16.5. The first-order valence-corrected chi connectivity index (χ1v) is 5.36. The highest BCUT2D eigenvalue weighted by Gasteiger charge is 2.33. The maximum atomic E-state index is 11.7. The maximum absolute atomic E-state index is 11.7. The lowest BCUT2D eigenvalue weighted by Crippen LogP contribution is -2.31. The van der Waals surface area contributed by atoms with E-state index in [0.29, 0.717) is 6.61 Å². The second-order valence-corrected chi connectivity index (χ2v) is 5.76. The second-order valence-electron chi connectivity index (χ2n) is 5.76. The summed E-state index contributed by atoms with van der Waals surface area (Å²) < 4.78 is 5.16. The van der Waals surface area contributed by atoms with Crippen molar-refractivity contribution < 1.29 is 9.53 Å². The van der Waals surface area contributed by atoms with Crippen molar-refractivity contribution in [2.45, 2.75) is 54.4 Å². The summed E-state index contributed by atoms with van der Waals surface area (Å²) in [5.41, 5.74) is -0.206. The van der Waals surface area contributed by atoms with Crippen LogP contribution >= 0.6 is 0 Å². The van der Waals surface area contributed by atoms with Gasteiger partial charge in [-0.15, -0.1) is 0 Å². The summed E-state index contributed by atoms with van der Waals surface area (Å²) in [5.74, 6) is -0.0747. The number of carbonyl (C=O) groups is 1. The molecular weight excluding hydrogens is 176 g/mol. The molecule has 0 aromatic heterocycles. The lowest BCUT2D eigenvalue weighted by atomic mass is 9.76. The van der Waals surface area contributed by atoms with E-state index in [4.69, 9.17) is 4.74 Å². The zero-order valence-electron chi connectivity index (χ0n) is 10.4. The molecular formula is C12H24O2. The molecule has 0 saturated carbocycles. The van der Waals surface area contributed by atoms with Gasteiger partial charge in [0.2, 0.25) is 0 Å². The summed E-state index contributed by atoms with van der Waals surface area (Å²) in [6, 6.07) is 0. The molecule has 0 saturated heterocycles. The van der Waals surface area contributed by atoms with Gasteiger partial charge in [0.05, 0.1) is 12.0 Å². The number of rotatable bonds is 4. The van der Waals surface area contributed by atoms with Crippen molar-refractivity contribution in [3.63, 3.8) is 0 Å². The van der Waals surface area contributed by atoms with E-state index in [2.05, 4.69) is 20.8 Å². The molecule has 0 aliphatic rings. The molecule has 0 spiro atoms. The molecule has 2 heteroatoms. The highest BCUT2D eigenvalue weighted by Crippen LogP contribution is 2.33. The van der Waals surface area contributed by atoms with Crippen molar-refractivity contribution >= 4 is 5.97 Å². The third-order valence-corrected chi connectivity index (χ3v) is 1.96. The molecule has 0 aliphatic carbocycles. The second kappa shape index (κ2) is 4.81. The number of esters is 1. The summed E-state index contributed by atoms with van der Waals surface area (Å²) >= 11 is 0. The third kappa shape index (κ3) is 5.25. The Kier molecular flexibility index (Phi) is 4.63. The fourth-order valence-electron chi connectivity index (χ4n) is 1.79. The van der Waals surface area contributed by atoms with Crippen molar-refractivity contribution in [1.29, 1.82) is 0 Å². The van der Waals surface area contributed by atoms with Gasteiger partial charge in [0.25, 0.3) is 0 Å². The quantitative estimate of drug-likeness (QED) is 0.650. The van der Waals surface area contributed by atoms with Gasteiger partial charge in [-0.05, 0) is 32.1 Å². The third-order valence-electron chi connectivity index (χ3n) is 1.96. The van der Waals surface area contributed by atoms with Gasteiger partial charge in [0.15, 0.2) is 0 Å². The van der Waals surface area contributed by atoms with E-state index in [1.54, 1.807) is 0 Å². The average molecular weight is 200 g/mol. The molecule has 0 heterocycles. The molecule has 0 fully saturated rings. The van der Waals surface area contributed by atoms with Crippen molar-refractivity contribution in [1.82, 2.24) is 0 Å². The van der Waals surface area contributed by atoms with E-state index in [0.717, 1.165) is 12.8 Å². The van der Waals surface area contributed by atoms with Gasteiger partial charge in [-0.25, -0.2) is 0 Å². The minimum absolute atomic E-state index is 0.0747. The molecule has 0 radical (unpaired) electrons. The monoisotopic (exact) mass is 200 g/mol. The number of hydrogen-bond acceptors (Lipinski definition) is 2. The number of carbonyl (C=O) groups excluding carboxylic acids is 1. The molecule has 0 bridgehead atoms. The first-order chi connectivity index (χ1) is 6.19. The molecule has 84 valence electrons. The average Bonchev–Trinajstić information content (AvgIpc) is 1.95. The van der Waals surface area contributed by atoms with Crippen LogP contribution in [0.2, 0.25) is 0 Å². The topological polar surface area (TPSA) is 26.3 Å². The Labute approximate surface area is 88.0 Å². The van der Waals surface area contributed by atoms with Crippen molar-refractivity contribution in [3.05, 3.63) is 0 Å². The van der Waals surface area contributed by atoms with E-state index >= 15 is 0 Å². The van der Waals surface area contributed by atoms with Crippen LogP contribution in [0.25, 0.3) is 0 Å². The van der Waals surface area contributed by atoms with Crippen LogP contribution in [-0.4, -0.2) is 12.6 Å². The first kappa shape index (κ1) is 13.5. The zero-order chi connectivity index (χ0) is 11.4. The Bertz CT molecular complexity index is 187. The van der Waals surface area contributed by atoms with E-state index in [1.165, 1.54) is 0 Å². The van der Waals surface area contributed by atoms with E-state index in [1.807, 2.05) is 20.8 Å². The zero-order valence-corrected chi connectivity index (χ0v) is 10.4. The maximum Gasteiger partial charge on any atom is 0.311 e. The Morgan fingerprint density at radius 3 is 2.00 bits per heavy atom. The Balaban J connectivity index is 4.23. The number of hydrogen-bond donors (Lipinski definition) is 0. The lowest BCUT2D eigenvalue weighted by Gasteiger charge is -2.30. The van der Waals surface area contributed by atoms with Crippen LogP contribution in [0.5, 0.6) is 0 Å². The molecule has 0 aromatic rings. The Morgan fingerprint density at radius 1 is 1.14 bits per heavy atom. The molecule has 0 N–H and O–H groups in total. The summed E-state index contributed by atoms with van der Waals surface area (Å²) in [4.78, 5) is 11.7. The van der Waals surface area contributed by atoms with E-state index in [-0.39, 0.29) is 16.8 Å². The molecule has 0 atom stereocenters. The Hall–Kier alpha value is -0.530. The van der Waals surface area contributed by atoms with Crippen LogP contribution in [0.15, 0.2) is 0 Å². The predicted octanol–water partition coefficient (Wildman–Crippen LogP) is 3.40. The van der Waals surface area contributed by atoms with Crippen molar-refractivity contribution in [3.8, 4) is 0 Å². The van der Waals surface area contributed by atoms with Gasteiger partial charge in [0, 0.05) is 0 Å². The molecule has 0 amide bonds. The largest absolute Gasteiger partial charge is 0.465 e. The molecule has 0 unspecified atom stereocenters. The van der Waals surface area contributed by atoms with Gasteiger partial charge >= 0.3 is 5.97 Å². The molecule has 2 nitrogen and oxygen atoms in total. The van der Waals surface area contributed by atoms with Crippen LogP contribution in [0, 0.1) is 10.8 Å². The van der Waals surface area contributed by atoms with Crippen LogP contribution in [0.3, 0.4) is 0 Å². The van der Waals surface area contributed by atoms with Gasteiger partial charge in [-0.3, -0.25) is 4.79 Å². The molecule has 14 heavy (non-hydrogen) atoms. The van der Waals surface area contributed by atoms with Crippen molar-refractivity contribution in [2.75, 3.05) is 6.61 Å². The normalized spacial score (nSPS) is 12.7. The van der Waals surface area contributed by atoms with Gasteiger partial charge < -0.3 is 4.74 Å². The van der Waals surface area contributed by atoms with Gasteiger partial charge in [-0.2, -0.15) is 0 Å². The van der Waals surface area contributed by atoms with Gasteiger partial charge in [0.1, 0.15) is 0 Å². The van der Waals surface area contributed by atoms with Crippen LogP contribution in [0.1, 0.15) is 54.4 Å². The predicted molar refractivity (Wildman–Crippen MR) is 59.1 cm³/mol. The van der Waals surface area contributed by atoms with Crippen LogP contribution in [-0.2, 0) is 9.53 Å². The SMILES string of the molecule is CCCOC(=O)C(C)(C)CC(C)(C)C. The van der Waals surface area contributed by atoms with E-state index in [9.17, 15) is 4.79 Å². The number of ether oxygens (including phenoxy) is 1. The van der Waals surface area contributed by atoms with Crippen LogP contribution in [0.4, 0.5) is 0 Å².